The fraction of sp³-hybridized carbons (Fsp3) is 0.417. The SMILES string of the molecule is COC(=O)c1cc(Cl)c(C)cc1OCC(=O)N1CC(C)N(Cc2ccc(F)cc2)CC1C. The average molecular weight is 463 g/mol. The first kappa shape index (κ1) is 24.0. The van der Waals surface area contributed by atoms with E-state index in [1.54, 1.807) is 30.0 Å². The van der Waals surface area contributed by atoms with E-state index in [9.17, 15) is 14.0 Å². The number of carbonyl (C=O) groups excluding carboxylic acids is 2. The Labute approximate surface area is 192 Å². The van der Waals surface area contributed by atoms with E-state index < -0.39 is 5.97 Å². The number of hydrogen-bond acceptors (Lipinski definition) is 5. The summed E-state index contributed by atoms with van der Waals surface area (Å²) in [5.74, 6) is -0.723. The summed E-state index contributed by atoms with van der Waals surface area (Å²) in [5, 5.41) is 0.420. The minimum atomic E-state index is -0.578. The van der Waals surface area contributed by atoms with Crippen molar-refractivity contribution in [3.05, 3.63) is 63.9 Å². The summed E-state index contributed by atoms with van der Waals surface area (Å²) in [7, 11) is 1.28. The van der Waals surface area contributed by atoms with E-state index in [-0.39, 0.29) is 41.7 Å². The van der Waals surface area contributed by atoms with Crippen molar-refractivity contribution >= 4 is 23.5 Å². The molecule has 0 aromatic heterocycles. The van der Waals surface area contributed by atoms with E-state index in [1.165, 1.54) is 25.3 Å². The monoisotopic (exact) mass is 462 g/mol. The van der Waals surface area contributed by atoms with E-state index in [1.807, 2.05) is 6.92 Å². The number of benzene rings is 2. The van der Waals surface area contributed by atoms with Crippen molar-refractivity contribution in [3.63, 3.8) is 0 Å². The van der Waals surface area contributed by atoms with Gasteiger partial charge in [-0.15, -0.1) is 0 Å². The Bertz CT molecular complexity index is 983. The molecule has 1 fully saturated rings. The largest absolute Gasteiger partial charge is 0.483 e. The van der Waals surface area contributed by atoms with E-state index in [0.29, 0.717) is 24.7 Å². The summed E-state index contributed by atoms with van der Waals surface area (Å²) in [6.07, 6.45) is 0. The van der Waals surface area contributed by atoms with Gasteiger partial charge in [-0.2, -0.15) is 0 Å². The molecule has 2 unspecified atom stereocenters. The van der Waals surface area contributed by atoms with Crippen LogP contribution < -0.4 is 4.74 Å². The molecule has 0 aliphatic carbocycles. The molecule has 172 valence electrons. The minimum absolute atomic E-state index is 0.0187. The van der Waals surface area contributed by atoms with Crippen LogP contribution in [0.5, 0.6) is 5.75 Å². The van der Waals surface area contributed by atoms with Gasteiger partial charge in [0.05, 0.1) is 7.11 Å². The molecule has 2 aromatic carbocycles. The highest BCUT2D eigenvalue weighted by Gasteiger charge is 2.32. The predicted octanol–water partition coefficient (Wildman–Crippen LogP) is 4.07. The molecule has 0 spiro atoms. The maximum Gasteiger partial charge on any atom is 0.341 e. The number of rotatable bonds is 6. The van der Waals surface area contributed by atoms with Crippen molar-refractivity contribution in [3.8, 4) is 5.75 Å². The molecular formula is C24H28ClFN2O4. The molecule has 0 radical (unpaired) electrons. The molecule has 2 atom stereocenters. The highest BCUT2D eigenvalue weighted by atomic mass is 35.5. The van der Waals surface area contributed by atoms with Crippen molar-refractivity contribution in [2.75, 3.05) is 26.8 Å². The number of amides is 1. The number of hydrogen-bond donors (Lipinski definition) is 0. The first-order valence-electron chi connectivity index (χ1n) is 10.5. The van der Waals surface area contributed by atoms with Crippen LogP contribution in [0.15, 0.2) is 36.4 Å². The van der Waals surface area contributed by atoms with Crippen LogP contribution in [0.4, 0.5) is 4.39 Å². The second kappa shape index (κ2) is 10.3. The highest BCUT2D eigenvalue weighted by Crippen LogP contribution is 2.28. The first-order valence-corrected chi connectivity index (χ1v) is 10.9. The Morgan fingerprint density at radius 2 is 1.81 bits per heavy atom. The average Bonchev–Trinajstić information content (AvgIpc) is 2.77. The molecule has 2 aromatic rings. The van der Waals surface area contributed by atoms with Crippen LogP contribution in [0.25, 0.3) is 0 Å². The third-order valence-corrected chi connectivity index (χ3v) is 6.16. The molecule has 1 aliphatic rings. The summed E-state index contributed by atoms with van der Waals surface area (Å²) in [4.78, 5) is 29.1. The third kappa shape index (κ3) is 5.58. The van der Waals surface area contributed by atoms with Crippen molar-refractivity contribution in [2.24, 2.45) is 0 Å². The van der Waals surface area contributed by atoms with E-state index in [4.69, 9.17) is 21.1 Å². The van der Waals surface area contributed by atoms with Gasteiger partial charge in [0.25, 0.3) is 5.91 Å². The number of aryl methyl sites for hydroxylation is 1. The molecule has 1 aliphatic heterocycles. The Hall–Kier alpha value is -2.64. The van der Waals surface area contributed by atoms with Gasteiger partial charge in [-0.1, -0.05) is 23.7 Å². The summed E-state index contributed by atoms with van der Waals surface area (Å²) in [6, 6.07) is 9.72. The van der Waals surface area contributed by atoms with Crippen LogP contribution in [0, 0.1) is 12.7 Å². The van der Waals surface area contributed by atoms with E-state index in [0.717, 1.165) is 11.1 Å². The summed E-state index contributed by atoms with van der Waals surface area (Å²) >= 11 is 6.12. The fourth-order valence-corrected chi connectivity index (χ4v) is 4.02. The zero-order valence-corrected chi connectivity index (χ0v) is 19.5. The highest BCUT2D eigenvalue weighted by molar-refractivity contribution is 6.31. The molecular weight excluding hydrogens is 435 g/mol. The quantitative estimate of drug-likeness (QED) is 0.605. The van der Waals surface area contributed by atoms with Gasteiger partial charge in [0.2, 0.25) is 0 Å². The van der Waals surface area contributed by atoms with Gasteiger partial charge in [0.1, 0.15) is 17.1 Å². The fourth-order valence-electron chi connectivity index (χ4n) is 3.86. The molecule has 3 rings (SSSR count). The summed E-state index contributed by atoms with van der Waals surface area (Å²) in [5.41, 5.74) is 1.95. The maximum atomic E-state index is 13.2. The lowest BCUT2D eigenvalue weighted by Gasteiger charge is -2.44. The van der Waals surface area contributed by atoms with Crippen LogP contribution in [0.2, 0.25) is 5.02 Å². The van der Waals surface area contributed by atoms with Crippen LogP contribution in [0.3, 0.4) is 0 Å². The van der Waals surface area contributed by atoms with Crippen LogP contribution in [0.1, 0.15) is 35.3 Å². The summed E-state index contributed by atoms with van der Waals surface area (Å²) in [6.45, 7) is 7.59. The minimum Gasteiger partial charge on any atom is -0.483 e. The van der Waals surface area contributed by atoms with Crippen LogP contribution in [-0.4, -0.2) is 60.6 Å². The van der Waals surface area contributed by atoms with Crippen molar-refractivity contribution in [1.29, 1.82) is 0 Å². The summed E-state index contributed by atoms with van der Waals surface area (Å²) < 4.78 is 23.7. The van der Waals surface area contributed by atoms with E-state index in [2.05, 4.69) is 11.8 Å². The molecule has 0 N–H and O–H groups in total. The Morgan fingerprint density at radius 1 is 1.12 bits per heavy atom. The van der Waals surface area contributed by atoms with Crippen molar-refractivity contribution < 1.29 is 23.5 Å². The third-order valence-electron chi connectivity index (χ3n) is 5.75. The molecule has 32 heavy (non-hydrogen) atoms. The van der Waals surface area contributed by atoms with Crippen LogP contribution in [-0.2, 0) is 16.1 Å². The number of nitrogens with zero attached hydrogens (tertiary/aromatic N) is 2. The van der Waals surface area contributed by atoms with Crippen molar-refractivity contribution in [1.82, 2.24) is 9.80 Å². The number of carbonyl (C=O) groups is 2. The maximum absolute atomic E-state index is 13.2. The van der Waals surface area contributed by atoms with Gasteiger partial charge in [-0.25, -0.2) is 9.18 Å². The smallest absolute Gasteiger partial charge is 0.341 e. The lowest BCUT2D eigenvalue weighted by atomic mass is 10.1. The normalized spacial score (nSPS) is 19.0. The molecule has 1 heterocycles. The molecule has 6 nitrogen and oxygen atoms in total. The number of halogens is 2. The van der Waals surface area contributed by atoms with E-state index >= 15 is 0 Å². The number of ether oxygens (including phenoxy) is 2. The van der Waals surface area contributed by atoms with Gasteiger partial charge < -0.3 is 14.4 Å². The zero-order valence-electron chi connectivity index (χ0n) is 18.7. The Morgan fingerprint density at radius 3 is 2.47 bits per heavy atom. The zero-order chi connectivity index (χ0) is 23.4. The Kier molecular flexibility index (Phi) is 7.74. The van der Waals surface area contributed by atoms with Gasteiger partial charge in [0, 0.05) is 36.7 Å². The lowest BCUT2D eigenvalue weighted by Crippen LogP contribution is -2.58. The number of esters is 1. The second-order valence-electron chi connectivity index (χ2n) is 8.18. The number of methoxy groups -OCH3 is 1. The molecule has 0 bridgehead atoms. The molecule has 1 saturated heterocycles. The predicted molar refractivity (Wildman–Crippen MR) is 120 cm³/mol. The molecule has 0 saturated carbocycles. The first-order chi connectivity index (χ1) is 15.2. The standard InChI is InChI=1S/C24H28ClFN2O4/c1-15-9-22(20(10-21(15)25)24(30)31-4)32-14-23(29)28-12-16(2)27(11-17(28)3)13-18-5-7-19(26)8-6-18/h5-10,16-17H,11-14H2,1-4H3. The van der Waals surface area contributed by atoms with Gasteiger partial charge >= 0.3 is 5.97 Å². The van der Waals surface area contributed by atoms with Gasteiger partial charge in [-0.05, 0) is 56.2 Å². The van der Waals surface area contributed by atoms with Gasteiger partial charge in [0.15, 0.2) is 6.61 Å². The molecule has 8 heteroatoms. The lowest BCUT2D eigenvalue weighted by molar-refractivity contribution is -0.139. The van der Waals surface area contributed by atoms with Crippen LogP contribution >= 0.6 is 11.6 Å². The number of piperazine rings is 1. The van der Waals surface area contributed by atoms with Gasteiger partial charge in [-0.3, -0.25) is 9.69 Å². The topological polar surface area (TPSA) is 59.1 Å². The van der Waals surface area contributed by atoms with Crippen molar-refractivity contribution in [2.45, 2.75) is 39.4 Å². The Balaban J connectivity index is 1.63. The second-order valence-corrected chi connectivity index (χ2v) is 8.59. The molecule has 1 amide bonds.